The van der Waals surface area contributed by atoms with Crippen molar-refractivity contribution in [2.24, 2.45) is 4.99 Å². The van der Waals surface area contributed by atoms with Gasteiger partial charge in [0.1, 0.15) is 5.82 Å². The highest BCUT2D eigenvalue weighted by Crippen LogP contribution is 2.34. The average molecular weight is 380 g/mol. The minimum absolute atomic E-state index is 0.444. The van der Waals surface area contributed by atoms with Crippen molar-refractivity contribution in [1.29, 1.82) is 0 Å². The zero-order valence-corrected chi connectivity index (χ0v) is 16.5. The van der Waals surface area contributed by atoms with Gasteiger partial charge in [-0.3, -0.25) is 4.99 Å². The fourth-order valence-electron chi connectivity index (χ4n) is 4.29. The molecule has 1 fully saturated rings. The number of benzene rings is 3. The Morgan fingerprint density at radius 2 is 1.38 bits per heavy atom. The summed E-state index contributed by atoms with van der Waals surface area (Å²) < 4.78 is 0. The van der Waals surface area contributed by atoms with E-state index in [2.05, 4.69) is 65.6 Å². The first-order chi connectivity index (χ1) is 14.4. The van der Waals surface area contributed by atoms with E-state index in [1.807, 2.05) is 18.3 Å². The van der Waals surface area contributed by atoms with Crippen LogP contribution in [0, 0.1) is 0 Å². The zero-order valence-electron chi connectivity index (χ0n) is 16.5. The molecule has 3 heteroatoms. The summed E-state index contributed by atoms with van der Waals surface area (Å²) in [5, 5.41) is 0. The van der Waals surface area contributed by atoms with Crippen molar-refractivity contribution in [3.8, 4) is 22.3 Å². The van der Waals surface area contributed by atoms with Crippen molar-refractivity contribution in [2.45, 2.75) is 38.1 Å². The monoisotopic (exact) mass is 379 g/mol. The molecule has 0 saturated heterocycles. The quantitative estimate of drug-likeness (QED) is 0.396. The molecule has 1 saturated carbocycles. The number of aromatic nitrogens is 2. The van der Waals surface area contributed by atoms with Gasteiger partial charge in [0, 0.05) is 11.1 Å². The number of aromatic amines is 1. The summed E-state index contributed by atoms with van der Waals surface area (Å²) in [7, 11) is 0. The third-order valence-corrected chi connectivity index (χ3v) is 5.82. The summed E-state index contributed by atoms with van der Waals surface area (Å²) in [6.07, 6.45) is 8.26. The summed E-state index contributed by atoms with van der Waals surface area (Å²) in [6, 6.07) is 25.8. The van der Waals surface area contributed by atoms with Crippen molar-refractivity contribution >= 4 is 17.2 Å². The van der Waals surface area contributed by atoms with Gasteiger partial charge in [-0.25, -0.2) is 4.98 Å². The number of imidazole rings is 1. The van der Waals surface area contributed by atoms with Crippen LogP contribution in [0.1, 0.15) is 37.9 Å². The molecule has 0 amide bonds. The summed E-state index contributed by atoms with van der Waals surface area (Å²) in [4.78, 5) is 13.3. The van der Waals surface area contributed by atoms with Gasteiger partial charge in [0.15, 0.2) is 0 Å². The van der Waals surface area contributed by atoms with E-state index in [4.69, 9.17) is 9.98 Å². The van der Waals surface area contributed by atoms with Gasteiger partial charge in [-0.1, -0.05) is 92.1 Å². The maximum absolute atomic E-state index is 4.95. The first-order valence-electron chi connectivity index (χ1n) is 10.6. The highest BCUT2D eigenvalue weighted by atomic mass is 14.9. The number of rotatable bonds is 4. The van der Waals surface area contributed by atoms with Crippen LogP contribution in [0.5, 0.6) is 0 Å². The van der Waals surface area contributed by atoms with Crippen LogP contribution >= 0.6 is 0 Å². The number of hydrogen-bond donors (Lipinski definition) is 1. The molecule has 1 heterocycles. The van der Waals surface area contributed by atoms with Gasteiger partial charge in [0.2, 0.25) is 0 Å². The minimum Gasteiger partial charge on any atom is -0.337 e. The summed E-state index contributed by atoms with van der Waals surface area (Å²) >= 11 is 0. The smallest absolute Gasteiger partial charge is 0.149 e. The molecule has 0 radical (unpaired) electrons. The van der Waals surface area contributed by atoms with Gasteiger partial charge in [-0.05, 0) is 24.0 Å². The van der Waals surface area contributed by atoms with Gasteiger partial charge in [0.25, 0.3) is 0 Å². The molecule has 29 heavy (non-hydrogen) atoms. The number of hydrogen-bond acceptors (Lipinski definition) is 2. The molecule has 1 N–H and O–H groups in total. The van der Waals surface area contributed by atoms with Crippen molar-refractivity contribution < 1.29 is 0 Å². The first-order valence-corrected chi connectivity index (χ1v) is 10.6. The van der Waals surface area contributed by atoms with Gasteiger partial charge in [-0.2, -0.15) is 0 Å². The van der Waals surface area contributed by atoms with E-state index in [1.54, 1.807) is 0 Å². The number of H-pyrrole nitrogens is 1. The molecule has 5 rings (SSSR count). The molecule has 3 aromatic carbocycles. The van der Waals surface area contributed by atoms with E-state index in [0.29, 0.717) is 6.04 Å². The van der Waals surface area contributed by atoms with E-state index in [9.17, 15) is 0 Å². The molecule has 0 spiro atoms. The van der Waals surface area contributed by atoms with Gasteiger partial charge in [-0.15, -0.1) is 0 Å². The number of aliphatic imine (C=N–C) groups is 1. The SMILES string of the molecule is C(=NC1CCCCC1)c1nc2c(-c3ccccc3)ccc(-c3ccccc3)c2[nH]1. The first kappa shape index (κ1) is 17.9. The average Bonchev–Trinajstić information content (AvgIpc) is 3.23. The predicted octanol–water partition coefficient (Wildman–Crippen LogP) is 6.65. The lowest BCUT2D eigenvalue weighted by Crippen LogP contribution is -2.09. The van der Waals surface area contributed by atoms with E-state index in [-0.39, 0.29) is 0 Å². The third-order valence-electron chi connectivity index (χ3n) is 5.82. The molecule has 4 aromatic rings. The molecular weight excluding hydrogens is 354 g/mol. The highest BCUT2D eigenvalue weighted by Gasteiger charge is 2.15. The fourth-order valence-corrected chi connectivity index (χ4v) is 4.29. The second kappa shape index (κ2) is 8.04. The summed E-state index contributed by atoms with van der Waals surface area (Å²) in [5.41, 5.74) is 6.76. The minimum atomic E-state index is 0.444. The van der Waals surface area contributed by atoms with Crippen LogP contribution in [-0.4, -0.2) is 22.2 Å². The van der Waals surface area contributed by atoms with E-state index < -0.39 is 0 Å². The molecule has 1 aromatic heterocycles. The largest absolute Gasteiger partial charge is 0.337 e. The summed E-state index contributed by atoms with van der Waals surface area (Å²) in [6.45, 7) is 0. The molecule has 1 aliphatic carbocycles. The van der Waals surface area contributed by atoms with Crippen LogP contribution in [0.25, 0.3) is 33.3 Å². The second-order valence-electron chi connectivity index (χ2n) is 7.81. The van der Waals surface area contributed by atoms with Gasteiger partial charge < -0.3 is 4.98 Å². The van der Waals surface area contributed by atoms with Crippen molar-refractivity contribution in [2.75, 3.05) is 0 Å². The lowest BCUT2D eigenvalue weighted by molar-refractivity contribution is 0.444. The molecule has 0 atom stereocenters. The third kappa shape index (κ3) is 3.73. The molecule has 144 valence electrons. The Bertz CT molecular complexity index is 1040. The van der Waals surface area contributed by atoms with Crippen LogP contribution < -0.4 is 0 Å². The molecule has 0 bridgehead atoms. The lowest BCUT2D eigenvalue weighted by Gasteiger charge is -2.16. The summed E-state index contributed by atoms with van der Waals surface area (Å²) in [5.74, 6) is 0.839. The van der Waals surface area contributed by atoms with Crippen LogP contribution in [0.4, 0.5) is 0 Å². The van der Waals surface area contributed by atoms with Crippen LogP contribution in [0.2, 0.25) is 0 Å². The van der Waals surface area contributed by atoms with E-state index in [0.717, 1.165) is 22.4 Å². The Morgan fingerprint density at radius 3 is 2.07 bits per heavy atom. The van der Waals surface area contributed by atoms with Crippen LogP contribution in [-0.2, 0) is 0 Å². The normalized spacial score (nSPS) is 15.3. The van der Waals surface area contributed by atoms with Crippen molar-refractivity contribution in [1.82, 2.24) is 9.97 Å². The Balaban J connectivity index is 1.62. The molecular formula is C26H25N3. The van der Waals surface area contributed by atoms with Gasteiger partial charge in [0.05, 0.1) is 23.3 Å². The predicted molar refractivity (Wildman–Crippen MR) is 121 cm³/mol. The topological polar surface area (TPSA) is 41.0 Å². The number of fused-ring (bicyclic) bond motifs is 1. The molecule has 0 unspecified atom stereocenters. The number of nitrogens with zero attached hydrogens (tertiary/aromatic N) is 2. The van der Waals surface area contributed by atoms with E-state index in [1.165, 1.54) is 48.8 Å². The lowest BCUT2D eigenvalue weighted by atomic mass is 9.96. The fraction of sp³-hybridized carbons (Fsp3) is 0.231. The Kier molecular flexibility index (Phi) is 4.95. The van der Waals surface area contributed by atoms with Crippen LogP contribution in [0.15, 0.2) is 77.8 Å². The molecule has 0 aliphatic heterocycles. The Morgan fingerprint density at radius 1 is 0.759 bits per heavy atom. The van der Waals surface area contributed by atoms with Crippen molar-refractivity contribution in [3.63, 3.8) is 0 Å². The highest BCUT2D eigenvalue weighted by molar-refractivity contribution is 6.02. The van der Waals surface area contributed by atoms with E-state index >= 15 is 0 Å². The molecule has 1 aliphatic rings. The Hall–Kier alpha value is -3.20. The number of nitrogens with one attached hydrogen (secondary N) is 1. The van der Waals surface area contributed by atoms with Gasteiger partial charge >= 0.3 is 0 Å². The van der Waals surface area contributed by atoms with Crippen molar-refractivity contribution in [3.05, 3.63) is 78.6 Å². The maximum atomic E-state index is 4.95. The maximum Gasteiger partial charge on any atom is 0.149 e. The zero-order chi connectivity index (χ0) is 19.5. The second-order valence-corrected chi connectivity index (χ2v) is 7.81. The Labute approximate surface area is 171 Å². The molecule has 3 nitrogen and oxygen atoms in total. The van der Waals surface area contributed by atoms with Crippen LogP contribution in [0.3, 0.4) is 0 Å². The standard InChI is InChI=1S/C26H25N3/c1-4-10-19(11-5-1)22-16-17-23(20-12-6-2-7-13-20)26-25(22)28-24(29-26)18-27-21-14-8-3-9-15-21/h1-2,4-7,10-13,16-18,21H,3,8-9,14-15H2,(H,28,29).